The van der Waals surface area contributed by atoms with Crippen LogP contribution in [0, 0.1) is 6.92 Å². The number of rotatable bonds is 14. The SMILES string of the molecule is C=C(C)C(=O)OCCOC(=O)CCC1(CCC(=O)OCCOC(=O)C(=C)C)c2ccccc2-c2nc3c(C)cccc3nc21. The first-order chi connectivity index (χ1) is 21.0. The predicted molar refractivity (Wildman–Crippen MR) is 162 cm³/mol. The normalized spacial score (nSPS) is 12.5. The van der Waals surface area contributed by atoms with Crippen LogP contribution in [0.1, 0.15) is 56.4 Å². The lowest BCUT2D eigenvalue weighted by Crippen LogP contribution is -2.29. The summed E-state index contributed by atoms with van der Waals surface area (Å²) in [5, 5.41) is 0. The molecule has 0 atom stereocenters. The molecular formula is C34H36N2O8. The molecule has 10 heteroatoms. The van der Waals surface area contributed by atoms with Crippen LogP contribution in [0.2, 0.25) is 0 Å². The lowest BCUT2D eigenvalue weighted by molar-refractivity contribution is -0.150. The Kier molecular flexibility index (Phi) is 10.3. The van der Waals surface area contributed by atoms with E-state index in [1.54, 1.807) is 0 Å². The molecule has 0 aliphatic heterocycles. The summed E-state index contributed by atoms with van der Waals surface area (Å²) in [6, 6.07) is 13.6. The maximum atomic E-state index is 12.9. The third-order valence-electron chi connectivity index (χ3n) is 7.42. The van der Waals surface area contributed by atoms with E-state index in [1.807, 2.05) is 49.4 Å². The fourth-order valence-corrected chi connectivity index (χ4v) is 5.21. The molecule has 1 aliphatic rings. The molecule has 1 aromatic heterocycles. The standard InChI is InChI=1S/C34H36N2O8/c1-21(2)32(39)43-19-17-41-27(37)13-15-34(16-14-28(38)42-18-20-44-33(40)22(3)4)25-11-7-6-10-24(25)30-31(34)35-26-12-8-9-23(5)29(26)36-30/h6-12H,1,3,13-20H2,2,4-5H3. The van der Waals surface area contributed by atoms with Crippen molar-refractivity contribution in [2.75, 3.05) is 26.4 Å². The van der Waals surface area contributed by atoms with Crippen molar-refractivity contribution >= 4 is 34.9 Å². The highest BCUT2D eigenvalue weighted by Crippen LogP contribution is 2.52. The van der Waals surface area contributed by atoms with Gasteiger partial charge in [0.15, 0.2) is 0 Å². The zero-order chi connectivity index (χ0) is 31.9. The largest absolute Gasteiger partial charge is 0.462 e. The first kappa shape index (κ1) is 32.1. The van der Waals surface area contributed by atoms with E-state index in [1.165, 1.54) is 13.8 Å². The molecule has 0 spiro atoms. The summed E-state index contributed by atoms with van der Waals surface area (Å²) in [4.78, 5) is 59.0. The van der Waals surface area contributed by atoms with E-state index < -0.39 is 29.3 Å². The van der Waals surface area contributed by atoms with E-state index in [-0.39, 0.29) is 63.3 Å². The molecule has 0 N–H and O–H groups in total. The lowest BCUT2D eigenvalue weighted by atomic mass is 9.73. The predicted octanol–water partition coefficient (Wildman–Crippen LogP) is 5.09. The number of aromatic nitrogens is 2. The van der Waals surface area contributed by atoms with E-state index >= 15 is 0 Å². The van der Waals surface area contributed by atoms with Crippen LogP contribution >= 0.6 is 0 Å². The van der Waals surface area contributed by atoms with E-state index in [0.29, 0.717) is 16.9 Å². The number of nitrogens with zero attached hydrogens (tertiary/aromatic N) is 2. The molecule has 3 aromatic rings. The third kappa shape index (κ3) is 7.19. The molecule has 0 bridgehead atoms. The molecule has 0 radical (unpaired) electrons. The second-order valence-corrected chi connectivity index (χ2v) is 10.8. The second kappa shape index (κ2) is 14.1. The summed E-state index contributed by atoms with van der Waals surface area (Å²) in [7, 11) is 0. The van der Waals surface area contributed by atoms with Gasteiger partial charge in [0.2, 0.25) is 0 Å². The van der Waals surface area contributed by atoms with Gasteiger partial charge < -0.3 is 18.9 Å². The fraction of sp³-hybridized carbons (Fsp3) is 0.353. The van der Waals surface area contributed by atoms with Crippen molar-refractivity contribution in [2.45, 2.75) is 51.9 Å². The number of carbonyl (C=O) groups is 4. The van der Waals surface area contributed by atoms with E-state index in [0.717, 1.165) is 22.2 Å². The van der Waals surface area contributed by atoms with E-state index in [4.69, 9.17) is 28.9 Å². The van der Waals surface area contributed by atoms with Gasteiger partial charge in [-0.15, -0.1) is 0 Å². The molecule has 0 saturated heterocycles. The van der Waals surface area contributed by atoms with Crippen molar-refractivity contribution in [3.63, 3.8) is 0 Å². The summed E-state index contributed by atoms with van der Waals surface area (Å²) in [6.07, 6.45) is 0.608. The monoisotopic (exact) mass is 600 g/mol. The molecule has 0 unspecified atom stereocenters. The molecule has 1 heterocycles. The highest BCUT2D eigenvalue weighted by molar-refractivity contribution is 5.88. The van der Waals surface area contributed by atoms with Crippen LogP contribution in [0.3, 0.4) is 0 Å². The Labute approximate surface area is 256 Å². The number of ether oxygens (including phenoxy) is 4. The minimum atomic E-state index is -0.840. The van der Waals surface area contributed by atoms with Gasteiger partial charge in [-0.05, 0) is 50.8 Å². The molecule has 0 saturated carbocycles. The zero-order valence-electron chi connectivity index (χ0n) is 25.3. The van der Waals surface area contributed by atoms with Gasteiger partial charge >= 0.3 is 23.9 Å². The summed E-state index contributed by atoms with van der Waals surface area (Å²) < 4.78 is 20.7. The van der Waals surface area contributed by atoms with Gasteiger partial charge in [-0.3, -0.25) is 9.59 Å². The van der Waals surface area contributed by atoms with Gasteiger partial charge in [0.25, 0.3) is 0 Å². The topological polar surface area (TPSA) is 131 Å². The van der Waals surface area contributed by atoms with Crippen LogP contribution < -0.4 is 0 Å². The van der Waals surface area contributed by atoms with Gasteiger partial charge in [-0.25, -0.2) is 19.6 Å². The Hall–Kier alpha value is -4.86. The van der Waals surface area contributed by atoms with Crippen LogP contribution in [0.15, 0.2) is 66.8 Å². The molecule has 0 fully saturated rings. The number of fused-ring (bicyclic) bond motifs is 4. The minimum absolute atomic E-state index is 0.0155. The van der Waals surface area contributed by atoms with E-state index in [2.05, 4.69) is 13.2 Å². The first-order valence-corrected chi connectivity index (χ1v) is 14.4. The Morgan fingerprint density at radius 3 is 1.84 bits per heavy atom. The highest BCUT2D eigenvalue weighted by atomic mass is 16.6. The highest BCUT2D eigenvalue weighted by Gasteiger charge is 2.46. The number of carbonyl (C=O) groups excluding carboxylic acids is 4. The fourth-order valence-electron chi connectivity index (χ4n) is 5.21. The van der Waals surface area contributed by atoms with Crippen molar-refractivity contribution in [2.24, 2.45) is 0 Å². The van der Waals surface area contributed by atoms with E-state index in [9.17, 15) is 19.2 Å². The molecule has 230 valence electrons. The Balaban J connectivity index is 1.57. The van der Waals surface area contributed by atoms with Crippen LogP contribution in [-0.2, 0) is 43.5 Å². The Morgan fingerprint density at radius 1 is 0.727 bits per heavy atom. The summed E-state index contributed by atoms with van der Waals surface area (Å²) in [6.45, 7) is 11.7. The number of esters is 4. The number of hydrogen-bond acceptors (Lipinski definition) is 10. The van der Waals surface area contributed by atoms with Gasteiger partial charge in [0.05, 0.1) is 22.4 Å². The van der Waals surface area contributed by atoms with Crippen LogP contribution in [0.25, 0.3) is 22.3 Å². The van der Waals surface area contributed by atoms with Crippen molar-refractivity contribution in [1.82, 2.24) is 9.97 Å². The van der Waals surface area contributed by atoms with Gasteiger partial charge in [0, 0.05) is 35.0 Å². The molecule has 44 heavy (non-hydrogen) atoms. The molecule has 0 amide bonds. The van der Waals surface area contributed by atoms with Crippen molar-refractivity contribution in [3.05, 3.63) is 83.6 Å². The van der Waals surface area contributed by atoms with Crippen LogP contribution in [0.5, 0.6) is 0 Å². The average Bonchev–Trinajstić information content (AvgIpc) is 3.27. The average molecular weight is 601 g/mol. The smallest absolute Gasteiger partial charge is 0.333 e. The molecule has 1 aliphatic carbocycles. The number of hydrogen-bond donors (Lipinski definition) is 0. The number of benzene rings is 2. The molecule has 4 rings (SSSR count). The van der Waals surface area contributed by atoms with Crippen molar-refractivity contribution in [3.8, 4) is 11.3 Å². The van der Waals surface area contributed by atoms with Crippen LogP contribution in [0.4, 0.5) is 0 Å². The lowest BCUT2D eigenvalue weighted by Gasteiger charge is -2.30. The maximum Gasteiger partial charge on any atom is 0.333 e. The van der Waals surface area contributed by atoms with Gasteiger partial charge in [-0.2, -0.15) is 0 Å². The summed E-state index contributed by atoms with van der Waals surface area (Å²) in [5.74, 6) is -2.07. The minimum Gasteiger partial charge on any atom is -0.462 e. The maximum absolute atomic E-state index is 12.9. The van der Waals surface area contributed by atoms with Crippen molar-refractivity contribution < 1.29 is 38.1 Å². The molecule has 10 nitrogen and oxygen atoms in total. The second-order valence-electron chi connectivity index (χ2n) is 10.8. The number of para-hydroxylation sites is 1. The van der Waals surface area contributed by atoms with Gasteiger partial charge in [-0.1, -0.05) is 49.6 Å². The summed E-state index contributed by atoms with van der Waals surface area (Å²) >= 11 is 0. The third-order valence-corrected chi connectivity index (χ3v) is 7.42. The molecular weight excluding hydrogens is 564 g/mol. The first-order valence-electron chi connectivity index (χ1n) is 14.4. The zero-order valence-corrected chi connectivity index (χ0v) is 25.3. The number of aryl methyl sites for hydroxylation is 1. The Bertz CT molecular complexity index is 1580. The Morgan fingerprint density at radius 2 is 1.27 bits per heavy atom. The molecule has 2 aromatic carbocycles. The van der Waals surface area contributed by atoms with Crippen molar-refractivity contribution in [1.29, 1.82) is 0 Å². The quantitative estimate of drug-likeness (QED) is 0.107. The van der Waals surface area contributed by atoms with Gasteiger partial charge in [0.1, 0.15) is 26.4 Å². The summed E-state index contributed by atoms with van der Waals surface area (Å²) in [5.41, 5.74) is 5.35. The van der Waals surface area contributed by atoms with Crippen LogP contribution in [-0.4, -0.2) is 60.3 Å².